The van der Waals surface area contributed by atoms with Crippen LogP contribution in [-0.2, 0) is 12.7 Å². The predicted molar refractivity (Wildman–Crippen MR) is 51.0 cm³/mol. The van der Waals surface area contributed by atoms with Crippen LogP contribution in [0.3, 0.4) is 0 Å². The van der Waals surface area contributed by atoms with Crippen LogP contribution >= 0.6 is 0 Å². The Morgan fingerprint density at radius 3 is 2.41 bits per heavy atom. The van der Waals surface area contributed by atoms with Gasteiger partial charge in [-0.3, -0.25) is 0 Å². The zero-order valence-electron chi connectivity index (χ0n) is 8.38. The van der Waals surface area contributed by atoms with Gasteiger partial charge in [0, 0.05) is 6.54 Å². The average molecular weight is 244 g/mol. The van der Waals surface area contributed by atoms with Gasteiger partial charge in [0.2, 0.25) is 0 Å². The summed E-state index contributed by atoms with van der Waals surface area (Å²) in [6.45, 7) is -0.351. The van der Waals surface area contributed by atoms with Crippen LogP contribution in [0.4, 0.5) is 13.2 Å². The second-order valence-electron chi connectivity index (χ2n) is 3.17. The van der Waals surface area contributed by atoms with Gasteiger partial charge in [-0.05, 0) is 17.7 Å². The first-order valence-corrected chi connectivity index (χ1v) is 4.38. The van der Waals surface area contributed by atoms with E-state index in [-0.39, 0.29) is 12.1 Å². The monoisotopic (exact) mass is 244 g/mol. The number of aromatic carboxylic acids is 1. The van der Waals surface area contributed by atoms with Crippen molar-refractivity contribution in [3.63, 3.8) is 0 Å². The highest BCUT2D eigenvalue weighted by molar-refractivity contribution is 5.90. The summed E-state index contributed by atoms with van der Waals surface area (Å²) in [5.74, 6) is -1.42. The number of nitrogens with zero attached hydrogens (tertiary/aromatic N) is 1. The normalized spacial score (nSPS) is 11.0. The fourth-order valence-corrected chi connectivity index (χ4v) is 1.34. The molecule has 90 valence electrons. The molecule has 1 aromatic carbocycles. The Balaban J connectivity index is 3.56. The van der Waals surface area contributed by atoms with Gasteiger partial charge in [0.15, 0.2) is 0 Å². The van der Waals surface area contributed by atoms with Gasteiger partial charge < -0.3 is 10.8 Å². The van der Waals surface area contributed by atoms with Crippen molar-refractivity contribution in [2.24, 2.45) is 5.73 Å². The number of nitrogens with two attached hydrogens (primary N) is 1. The smallest absolute Gasteiger partial charge is 0.417 e. The number of carbonyl (C=O) groups is 1. The minimum Gasteiger partial charge on any atom is -0.478 e. The van der Waals surface area contributed by atoms with E-state index in [0.717, 1.165) is 0 Å². The largest absolute Gasteiger partial charge is 0.478 e. The molecule has 0 atom stereocenters. The molecule has 0 unspecified atom stereocenters. The van der Waals surface area contributed by atoms with Crippen molar-refractivity contribution < 1.29 is 23.1 Å². The Hall–Kier alpha value is -2.07. The van der Waals surface area contributed by atoms with Crippen molar-refractivity contribution in [3.05, 3.63) is 34.4 Å². The lowest BCUT2D eigenvalue weighted by molar-refractivity contribution is -0.137. The van der Waals surface area contributed by atoms with Crippen molar-refractivity contribution in [2.75, 3.05) is 0 Å². The van der Waals surface area contributed by atoms with Gasteiger partial charge in [0.05, 0.1) is 22.8 Å². The van der Waals surface area contributed by atoms with E-state index in [4.69, 9.17) is 16.1 Å². The Kier molecular flexibility index (Phi) is 3.39. The summed E-state index contributed by atoms with van der Waals surface area (Å²) in [5.41, 5.74) is 2.72. The molecule has 0 spiro atoms. The van der Waals surface area contributed by atoms with Crippen LogP contribution in [-0.4, -0.2) is 11.1 Å². The van der Waals surface area contributed by atoms with Crippen LogP contribution in [0.5, 0.6) is 0 Å². The second kappa shape index (κ2) is 4.43. The van der Waals surface area contributed by atoms with Crippen LogP contribution < -0.4 is 5.73 Å². The first-order chi connectivity index (χ1) is 7.81. The number of hydrogen-bond donors (Lipinski definition) is 2. The quantitative estimate of drug-likeness (QED) is 0.829. The minimum absolute atomic E-state index is 0.163. The topological polar surface area (TPSA) is 87.1 Å². The van der Waals surface area contributed by atoms with Gasteiger partial charge in [-0.15, -0.1) is 0 Å². The lowest BCUT2D eigenvalue weighted by Crippen LogP contribution is -2.14. The number of hydrogen-bond acceptors (Lipinski definition) is 3. The number of carboxylic acids is 1. The molecule has 1 aromatic rings. The fourth-order valence-electron chi connectivity index (χ4n) is 1.34. The first-order valence-electron chi connectivity index (χ1n) is 4.38. The van der Waals surface area contributed by atoms with Crippen LogP contribution in [0.1, 0.15) is 27.0 Å². The zero-order valence-corrected chi connectivity index (χ0v) is 8.38. The molecule has 0 aliphatic heterocycles. The van der Waals surface area contributed by atoms with E-state index in [1.807, 2.05) is 0 Å². The molecule has 0 radical (unpaired) electrons. The number of rotatable bonds is 2. The Morgan fingerprint density at radius 1 is 1.47 bits per heavy atom. The zero-order chi connectivity index (χ0) is 13.2. The van der Waals surface area contributed by atoms with E-state index in [9.17, 15) is 18.0 Å². The highest BCUT2D eigenvalue weighted by Crippen LogP contribution is 2.33. The van der Waals surface area contributed by atoms with Crippen molar-refractivity contribution in [3.8, 4) is 6.07 Å². The van der Waals surface area contributed by atoms with E-state index in [2.05, 4.69) is 0 Å². The maximum atomic E-state index is 12.5. The Labute approximate surface area is 94.1 Å². The molecular weight excluding hydrogens is 237 g/mol. The number of carboxylic acid groups (broad SMARTS) is 1. The number of benzene rings is 1. The molecule has 4 nitrogen and oxygen atoms in total. The number of nitriles is 1. The van der Waals surface area contributed by atoms with Crippen molar-refractivity contribution in [1.29, 1.82) is 5.26 Å². The third-order valence-corrected chi connectivity index (χ3v) is 2.12. The number of alkyl halides is 3. The van der Waals surface area contributed by atoms with Crippen LogP contribution in [0.25, 0.3) is 0 Å². The van der Waals surface area contributed by atoms with E-state index in [0.29, 0.717) is 12.1 Å². The summed E-state index contributed by atoms with van der Waals surface area (Å²) in [5, 5.41) is 17.3. The Morgan fingerprint density at radius 2 is 2.06 bits per heavy atom. The molecule has 3 N–H and O–H groups in total. The van der Waals surface area contributed by atoms with E-state index < -0.39 is 28.8 Å². The standard InChI is InChI=1S/C10H7F3N2O2/c11-10(12,13)8-2-5(3-14)7(9(16)17)1-6(8)4-15/h1-2H,3,14H2,(H,16,17). The molecular formula is C10H7F3N2O2. The molecule has 1 rings (SSSR count). The molecule has 0 heterocycles. The molecule has 0 aliphatic carbocycles. The van der Waals surface area contributed by atoms with Crippen molar-refractivity contribution in [1.82, 2.24) is 0 Å². The van der Waals surface area contributed by atoms with Gasteiger partial charge in [0.25, 0.3) is 0 Å². The van der Waals surface area contributed by atoms with Gasteiger partial charge >= 0.3 is 12.1 Å². The van der Waals surface area contributed by atoms with E-state index >= 15 is 0 Å². The molecule has 0 saturated carbocycles. The summed E-state index contributed by atoms with van der Waals surface area (Å²) >= 11 is 0. The average Bonchev–Trinajstić information content (AvgIpc) is 2.25. The summed E-state index contributed by atoms with van der Waals surface area (Å²) in [4.78, 5) is 10.8. The van der Waals surface area contributed by atoms with E-state index in [1.165, 1.54) is 6.07 Å². The lowest BCUT2D eigenvalue weighted by atomic mass is 9.98. The SMILES string of the molecule is N#Cc1cc(C(=O)O)c(CN)cc1C(F)(F)F. The van der Waals surface area contributed by atoms with Gasteiger partial charge in [-0.2, -0.15) is 18.4 Å². The predicted octanol–water partition coefficient (Wildman–Crippen LogP) is 1.73. The highest BCUT2D eigenvalue weighted by Gasteiger charge is 2.34. The summed E-state index contributed by atoms with van der Waals surface area (Å²) < 4.78 is 37.6. The van der Waals surface area contributed by atoms with Crippen LogP contribution in [0, 0.1) is 11.3 Å². The lowest BCUT2D eigenvalue weighted by Gasteiger charge is -2.12. The summed E-state index contributed by atoms with van der Waals surface area (Å²) in [7, 11) is 0. The molecule has 0 amide bonds. The maximum absolute atomic E-state index is 12.5. The van der Waals surface area contributed by atoms with E-state index in [1.54, 1.807) is 0 Å². The third-order valence-electron chi connectivity index (χ3n) is 2.12. The van der Waals surface area contributed by atoms with Crippen molar-refractivity contribution in [2.45, 2.75) is 12.7 Å². The maximum Gasteiger partial charge on any atom is 0.417 e. The van der Waals surface area contributed by atoms with Gasteiger partial charge in [-0.25, -0.2) is 4.79 Å². The van der Waals surface area contributed by atoms with Crippen LogP contribution in [0.15, 0.2) is 12.1 Å². The first kappa shape index (κ1) is 13.0. The van der Waals surface area contributed by atoms with Crippen molar-refractivity contribution >= 4 is 5.97 Å². The summed E-state index contributed by atoms with van der Waals surface area (Å²) in [6, 6.07) is 2.61. The molecule has 7 heteroatoms. The summed E-state index contributed by atoms with van der Waals surface area (Å²) in [6.07, 6.45) is -4.72. The molecule has 17 heavy (non-hydrogen) atoms. The molecule has 0 fully saturated rings. The third kappa shape index (κ3) is 2.54. The van der Waals surface area contributed by atoms with Gasteiger partial charge in [0.1, 0.15) is 0 Å². The molecule has 0 aromatic heterocycles. The molecule has 0 saturated heterocycles. The molecule has 0 bridgehead atoms. The van der Waals surface area contributed by atoms with Crippen LogP contribution in [0.2, 0.25) is 0 Å². The fraction of sp³-hybridized carbons (Fsp3) is 0.200. The second-order valence-corrected chi connectivity index (χ2v) is 3.17. The highest BCUT2D eigenvalue weighted by atomic mass is 19.4. The molecule has 0 aliphatic rings. The van der Waals surface area contributed by atoms with Gasteiger partial charge in [-0.1, -0.05) is 0 Å². The number of halogens is 3. The minimum atomic E-state index is -4.72. The Bertz CT molecular complexity index is 503.